The molecule has 0 aliphatic heterocycles. The van der Waals surface area contributed by atoms with Crippen LogP contribution >= 0.6 is 11.3 Å². The van der Waals surface area contributed by atoms with Crippen molar-refractivity contribution in [3.63, 3.8) is 0 Å². The van der Waals surface area contributed by atoms with Crippen LogP contribution in [-0.2, 0) is 11.3 Å². The Morgan fingerprint density at radius 1 is 1.15 bits per heavy atom. The molecule has 0 spiro atoms. The third-order valence-electron chi connectivity index (χ3n) is 3.92. The van der Waals surface area contributed by atoms with Crippen LogP contribution in [0.2, 0.25) is 0 Å². The van der Waals surface area contributed by atoms with E-state index in [-0.39, 0.29) is 11.8 Å². The minimum absolute atomic E-state index is 0.252. The Bertz CT molecular complexity index is 886. The number of carbonyl (C=O) groups excluding carboxylic acids is 2. The first kappa shape index (κ1) is 17.9. The number of nitrogens with one attached hydrogen (secondary N) is 2. The zero-order chi connectivity index (χ0) is 18.6. The van der Waals surface area contributed by atoms with Gasteiger partial charge in [0.2, 0.25) is 5.91 Å². The molecule has 3 aromatic rings. The fraction of sp³-hybridized carbons (Fsp3) is 0.211. The molecule has 7 heteroatoms. The second-order valence-electron chi connectivity index (χ2n) is 6.32. The normalized spacial score (nSPS) is 11.2. The molecular weight excluding hydrogens is 348 g/mol. The molecule has 0 bridgehead atoms. The Labute approximate surface area is 155 Å². The number of aromatic nitrogens is 2. The maximum absolute atomic E-state index is 12.6. The molecule has 6 nitrogen and oxygen atoms in total. The molecule has 2 heterocycles. The highest BCUT2D eigenvalue weighted by Gasteiger charge is 2.30. The number of carbonyl (C=O) groups is 2. The number of hydrogen-bond donors (Lipinski definition) is 2. The van der Waals surface area contributed by atoms with Gasteiger partial charge < -0.3 is 10.6 Å². The van der Waals surface area contributed by atoms with Crippen molar-refractivity contribution in [3.05, 3.63) is 70.7 Å². The first-order valence-electron chi connectivity index (χ1n) is 8.19. The quantitative estimate of drug-likeness (QED) is 0.702. The number of amides is 2. The summed E-state index contributed by atoms with van der Waals surface area (Å²) in [6, 6.07) is 13.1. The van der Waals surface area contributed by atoms with E-state index in [1.54, 1.807) is 36.9 Å². The van der Waals surface area contributed by atoms with Crippen molar-refractivity contribution in [1.29, 1.82) is 0 Å². The molecular formula is C19H20N4O2S. The third kappa shape index (κ3) is 4.00. The molecule has 26 heavy (non-hydrogen) atoms. The van der Waals surface area contributed by atoms with E-state index in [4.69, 9.17) is 0 Å². The topological polar surface area (TPSA) is 76.0 Å². The predicted molar refractivity (Wildman–Crippen MR) is 101 cm³/mol. The highest BCUT2D eigenvalue weighted by molar-refractivity contribution is 7.12. The third-order valence-corrected chi connectivity index (χ3v) is 4.79. The van der Waals surface area contributed by atoms with Crippen LogP contribution in [0.1, 0.15) is 29.1 Å². The van der Waals surface area contributed by atoms with E-state index in [9.17, 15) is 9.59 Å². The SMILES string of the molecule is CC(C)(NC(=O)c1cccs1)C(=O)NCc1ccccc1-n1cccn1. The van der Waals surface area contributed by atoms with Gasteiger partial charge >= 0.3 is 0 Å². The minimum Gasteiger partial charge on any atom is -0.350 e. The van der Waals surface area contributed by atoms with E-state index in [1.807, 2.05) is 41.9 Å². The summed E-state index contributed by atoms with van der Waals surface area (Å²) in [5, 5.41) is 11.7. The molecule has 134 valence electrons. The molecule has 0 fully saturated rings. The molecule has 0 saturated heterocycles. The molecule has 2 N–H and O–H groups in total. The number of thiophene rings is 1. The lowest BCUT2D eigenvalue weighted by Crippen LogP contribution is -2.54. The first-order chi connectivity index (χ1) is 12.5. The van der Waals surface area contributed by atoms with Gasteiger partial charge in [0.15, 0.2) is 0 Å². The van der Waals surface area contributed by atoms with Gasteiger partial charge in [-0.3, -0.25) is 9.59 Å². The number of hydrogen-bond acceptors (Lipinski definition) is 4. The molecule has 1 aromatic carbocycles. The standard InChI is InChI=1S/C19H20N4O2S/c1-19(2,22-17(24)16-9-5-12-26-16)18(25)20-13-14-7-3-4-8-15(14)23-11-6-10-21-23/h3-12H,13H2,1-2H3,(H,20,25)(H,22,24). The van der Waals surface area contributed by atoms with Crippen LogP contribution < -0.4 is 10.6 Å². The van der Waals surface area contributed by atoms with E-state index >= 15 is 0 Å². The first-order valence-corrected chi connectivity index (χ1v) is 9.07. The van der Waals surface area contributed by atoms with Crippen molar-refractivity contribution in [2.75, 3.05) is 0 Å². The van der Waals surface area contributed by atoms with Crippen molar-refractivity contribution in [2.24, 2.45) is 0 Å². The maximum Gasteiger partial charge on any atom is 0.262 e. The molecule has 0 aliphatic carbocycles. The Morgan fingerprint density at radius 2 is 1.96 bits per heavy atom. The second-order valence-corrected chi connectivity index (χ2v) is 7.27. The van der Waals surface area contributed by atoms with Gasteiger partial charge in [0, 0.05) is 18.9 Å². The van der Waals surface area contributed by atoms with E-state index in [0.717, 1.165) is 11.3 Å². The van der Waals surface area contributed by atoms with Crippen LogP contribution in [0.5, 0.6) is 0 Å². The molecule has 0 radical (unpaired) electrons. The monoisotopic (exact) mass is 368 g/mol. The van der Waals surface area contributed by atoms with E-state index in [0.29, 0.717) is 11.4 Å². The Kier molecular flexibility index (Phi) is 5.18. The molecule has 2 amide bonds. The summed E-state index contributed by atoms with van der Waals surface area (Å²) < 4.78 is 1.76. The number of nitrogens with zero attached hydrogens (tertiary/aromatic N) is 2. The average Bonchev–Trinajstić information content (AvgIpc) is 3.32. The highest BCUT2D eigenvalue weighted by Crippen LogP contribution is 2.15. The smallest absolute Gasteiger partial charge is 0.262 e. The van der Waals surface area contributed by atoms with Gasteiger partial charge in [0.25, 0.3) is 5.91 Å². The zero-order valence-electron chi connectivity index (χ0n) is 14.6. The molecule has 0 unspecified atom stereocenters. The minimum atomic E-state index is -1.03. The molecule has 0 aliphatic rings. The fourth-order valence-electron chi connectivity index (χ4n) is 2.50. The average molecular weight is 368 g/mol. The lowest BCUT2D eigenvalue weighted by molar-refractivity contribution is -0.126. The lowest BCUT2D eigenvalue weighted by Gasteiger charge is -2.25. The van der Waals surface area contributed by atoms with Crippen molar-refractivity contribution in [1.82, 2.24) is 20.4 Å². The van der Waals surface area contributed by atoms with Gasteiger partial charge in [0.1, 0.15) is 5.54 Å². The fourth-order valence-corrected chi connectivity index (χ4v) is 3.12. The maximum atomic E-state index is 12.6. The lowest BCUT2D eigenvalue weighted by atomic mass is 10.0. The van der Waals surface area contributed by atoms with Crippen molar-refractivity contribution in [2.45, 2.75) is 25.9 Å². The van der Waals surface area contributed by atoms with Crippen molar-refractivity contribution < 1.29 is 9.59 Å². The van der Waals surface area contributed by atoms with Crippen LogP contribution in [0.3, 0.4) is 0 Å². The molecule has 2 aromatic heterocycles. The van der Waals surface area contributed by atoms with Gasteiger partial charge in [-0.15, -0.1) is 11.3 Å². The summed E-state index contributed by atoms with van der Waals surface area (Å²) in [6.45, 7) is 3.72. The number of benzene rings is 1. The van der Waals surface area contributed by atoms with Gasteiger partial charge in [-0.05, 0) is 43.0 Å². The summed E-state index contributed by atoms with van der Waals surface area (Å²) in [5.41, 5.74) is 0.810. The van der Waals surface area contributed by atoms with Gasteiger partial charge in [-0.2, -0.15) is 5.10 Å². The van der Waals surface area contributed by atoms with Crippen LogP contribution in [0.4, 0.5) is 0 Å². The van der Waals surface area contributed by atoms with Crippen LogP contribution in [-0.4, -0.2) is 27.1 Å². The molecule has 0 saturated carbocycles. The van der Waals surface area contributed by atoms with Gasteiger partial charge in [-0.1, -0.05) is 24.3 Å². The van der Waals surface area contributed by atoms with Crippen LogP contribution in [0.25, 0.3) is 5.69 Å². The highest BCUT2D eigenvalue weighted by atomic mass is 32.1. The Hall–Kier alpha value is -2.93. The largest absolute Gasteiger partial charge is 0.350 e. The van der Waals surface area contributed by atoms with Crippen LogP contribution in [0.15, 0.2) is 60.2 Å². The summed E-state index contributed by atoms with van der Waals surface area (Å²) in [6.07, 6.45) is 3.56. The van der Waals surface area contributed by atoms with E-state index in [1.165, 1.54) is 11.3 Å². The summed E-state index contributed by atoms with van der Waals surface area (Å²) in [5.74, 6) is -0.505. The van der Waals surface area contributed by atoms with E-state index < -0.39 is 5.54 Å². The Morgan fingerprint density at radius 3 is 2.65 bits per heavy atom. The van der Waals surface area contributed by atoms with Crippen molar-refractivity contribution >= 4 is 23.2 Å². The second kappa shape index (κ2) is 7.53. The molecule has 3 rings (SSSR count). The van der Waals surface area contributed by atoms with Crippen LogP contribution in [0, 0.1) is 0 Å². The predicted octanol–water partition coefficient (Wildman–Crippen LogP) is 2.76. The summed E-state index contributed by atoms with van der Waals surface area (Å²) in [7, 11) is 0. The van der Waals surface area contributed by atoms with E-state index in [2.05, 4.69) is 15.7 Å². The zero-order valence-corrected chi connectivity index (χ0v) is 15.4. The van der Waals surface area contributed by atoms with Gasteiger partial charge in [0.05, 0.1) is 10.6 Å². The van der Waals surface area contributed by atoms with Crippen molar-refractivity contribution in [3.8, 4) is 5.69 Å². The summed E-state index contributed by atoms with van der Waals surface area (Å²) >= 11 is 1.34. The number of para-hydroxylation sites is 1. The Balaban J connectivity index is 1.66. The number of rotatable bonds is 6. The van der Waals surface area contributed by atoms with Gasteiger partial charge in [-0.25, -0.2) is 4.68 Å². The summed E-state index contributed by atoms with van der Waals surface area (Å²) in [4.78, 5) is 25.4. The molecule has 0 atom stereocenters.